The third kappa shape index (κ3) is 5.90. The fourth-order valence-corrected chi connectivity index (χ4v) is 4.53. The highest BCUT2D eigenvalue weighted by Crippen LogP contribution is 2.33. The van der Waals surface area contributed by atoms with Crippen LogP contribution in [0, 0.1) is 13.8 Å². The van der Waals surface area contributed by atoms with E-state index in [0.29, 0.717) is 42.2 Å². The zero-order chi connectivity index (χ0) is 26.0. The Morgan fingerprint density at radius 3 is 2.33 bits per heavy atom. The summed E-state index contributed by atoms with van der Waals surface area (Å²) < 4.78 is 7.40. The molecule has 2 heterocycles. The van der Waals surface area contributed by atoms with Gasteiger partial charge in [0.25, 0.3) is 5.91 Å². The first-order valence-corrected chi connectivity index (χ1v) is 12.6. The number of carbonyl (C=O) groups excluding carboxylic acids is 2. The van der Waals surface area contributed by atoms with Gasteiger partial charge in [-0.2, -0.15) is 5.10 Å². The average Bonchev–Trinajstić information content (AvgIpc) is 3.26. The molecule has 1 fully saturated rings. The van der Waals surface area contributed by atoms with Crippen molar-refractivity contribution < 1.29 is 14.3 Å². The van der Waals surface area contributed by atoms with Crippen LogP contribution in [0.4, 0.5) is 10.5 Å². The van der Waals surface area contributed by atoms with Crippen LogP contribution in [0.15, 0.2) is 48.7 Å². The van der Waals surface area contributed by atoms with Gasteiger partial charge in [-0.15, -0.1) is 0 Å². The Morgan fingerprint density at radius 1 is 1.06 bits per heavy atom. The van der Waals surface area contributed by atoms with E-state index in [0.717, 1.165) is 22.5 Å². The van der Waals surface area contributed by atoms with E-state index in [1.54, 1.807) is 17.2 Å². The van der Waals surface area contributed by atoms with E-state index in [1.807, 2.05) is 75.7 Å². The van der Waals surface area contributed by atoms with Crippen LogP contribution in [0.1, 0.15) is 66.7 Å². The van der Waals surface area contributed by atoms with Gasteiger partial charge in [-0.05, 0) is 77.3 Å². The number of carbonyl (C=O) groups is 2. The summed E-state index contributed by atoms with van der Waals surface area (Å²) >= 11 is 6.26. The third-order valence-electron chi connectivity index (χ3n) is 6.29. The van der Waals surface area contributed by atoms with Crippen molar-refractivity contribution >= 4 is 29.3 Å². The molecule has 0 aliphatic carbocycles. The first-order chi connectivity index (χ1) is 17.0. The molecule has 0 radical (unpaired) electrons. The largest absolute Gasteiger partial charge is 0.444 e. The number of aromatic nitrogens is 2. The molecule has 8 heteroatoms. The molecule has 4 rings (SSSR count). The van der Waals surface area contributed by atoms with Crippen molar-refractivity contribution in [2.45, 2.75) is 59.0 Å². The van der Waals surface area contributed by atoms with Crippen molar-refractivity contribution in [1.29, 1.82) is 0 Å². The molecular formula is C28H33ClN4O3. The molecule has 7 nitrogen and oxygen atoms in total. The van der Waals surface area contributed by atoms with E-state index in [2.05, 4.69) is 10.4 Å². The highest BCUT2D eigenvalue weighted by Gasteiger charge is 2.32. The smallest absolute Gasteiger partial charge is 0.410 e. The SMILES string of the molecule is Cc1ccc(-n2ncc(C(=O)Nc3ccc(C)c(Cl)c3)c2C2CCN(C(=O)OC(C)(C)C)CC2)cc1. The van der Waals surface area contributed by atoms with E-state index in [9.17, 15) is 9.59 Å². The van der Waals surface area contributed by atoms with Crippen molar-refractivity contribution in [3.05, 3.63) is 76.1 Å². The minimum Gasteiger partial charge on any atom is -0.444 e. The second-order valence-electron chi connectivity index (χ2n) is 10.4. The van der Waals surface area contributed by atoms with Crippen LogP contribution >= 0.6 is 11.6 Å². The highest BCUT2D eigenvalue weighted by atomic mass is 35.5. The molecule has 0 bridgehead atoms. The summed E-state index contributed by atoms with van der Waals surface area (Å²) in [6, 6.07) is 13.5. The number of rotatable bonds is 4. The Balaban J connectivity index is 1.61. The molecule has 3 aromatic rings. The number of likely N-dealkylation sites (tertiary alicyclic amines) is 1. The zero-order valence-corrected chi connectivity index (χ0v) is 22.2. The summed E-state index contributed by atoms with van der Waals surface area (Å²) in [6.07, 6.45) is 2.73. The monoisotopic (exact) mass is 508 g/mol. The predicted octanol–water partition coefficient (Wildman–Crippen LogP) is 6.51. The maximum atomic E-state index is 13.4. The number of ether oxygens (including phenoxy) is 1. The Labute approximate surface area is 217 Å². The fraction of sp³-hybridized carbons (Fsp3) is 0.393. The average molecular weight is 509 g/mol. The maximum absolute atomic E-state index is 13.4. The van der Waals surface area contributed by atoms with E-state index >= 15 is 0 Å². The third-order valence-corrected chi connectivity index (χ3v) is 6.70. The summed E-state index contributed by atoms with van der Waals surface area (Å²) in [4.78, 5) is 27.7. The molecule has 1 aromatic heterocycles. The van der Waals surface area contributed by atoms with E-state index < -0.39 is 5.60 Å². The molecule has 1 aliphatic heterocycles. The van der Waals surface area contributed by atoms with Crippen molar-refractivity contribution in [2.75, 3.05) is 18.4 Å². The number of amides is 2. The number of benzene rings is 2. The summed E-state index contributed by atoms with van der Waals surface area (Å²) in [5.74, 6) is -0.187. The van der Waals surface area contributed by atoms with Crippen LogP contribution in [0.25, 0.3) is 5.69 Å². The van der Waals surface area contributed by atoms with Crippen molar-refractivity contribution in [3.63, 3.8) is 0 Å². The van der Waals surface area contributed by atoms with Crippen molar-refractivity contribution in [2.24, 2.45) is 0 Å². The lowest BCUT2D eigenvalue weighted by molar-refractivity contribution is 0.0203. The summed E-state index contributed by atoms with van der Waals surface area (Å²) in [7, 11) is 0. The van der Waals surface area contributed by atoms with Gasteiger partial charge in [0.1, 0.15) is 5.60 Å². The molecule has 0 spiro atoms. The maximum Gasteiger partial charge on any atom is 0.410 e. The number of nitrogens with one attached hydrogen (secondary N) is 1. The van der Waals surface area contributed by atoms with E-state index in [4.69, 9.17) is 16.3 Å². The molecule has 0 saturated carbocycles. The van der Waals surface area contributed by atoms with Crippen LogP contribution in [0.2, 0.25) is 5.02 Å². The lowest BCUT2D eigenvalue weighted by Gasteiger charge is -2.34. The number of anilines is 1. The van der Waals surface area contributed by atoms with E-state index in [-0.39, 0.29) is 17.9 Å². The first kappa shape index (κ1) is 25.8. The Hall–Kier alpha value is -3.32. The van der Waals surface area contributed by atoms with Crippen LogP contribution in [-0.4, -0.2) is 45.4 Å². The van der Waals surface area contributed by atoms with Gasteiger partial charge in [-0.3, -0.25) is 4.79 Å². The second-order valence-corrected chi connectivity index (χ2v) is 10.8. The molecule has 1 saturated heterocycles. The molecule has 2 amide bonds. The molecule has 2 aromatic carbocycles. The lowest BCUT2D eigenvalue weighted by Crippen LogP contribution is -2.41. The number of hydrogen-bond acceptors (Lipinski definition) is 4. The fourth-order valence-electron chi connectivity index (χ4n) is 4.35. The molecule has 1 N–H and O–H groups in total. The topological polar surface area (TPSA) is 76.5 Å². The van der Waals surface area contributed by atoms with Gasteiger partial charge < -0.3 is 15.0 Å². The van der Waals surface area contributed by atoms with Crippen molar-refractivity contribution in [3.8, 4) is 5.69 Å². The number of nitrogens with zero attached hydrogens (tertiary/aromatic N) is 3. The minimum atomic E-state index is -0.540. The van der Waals surface area contributed by atoms with Crippen LogP contribution in [0.5, 0.6) is 0 Å². The number of piperidine rings is 1. The number of hydrogen-bond donors (Lipinski definition) is 1. The predicted molar refractivity (Wildman–Crippen MR) is 142 cm³/mol. The van der Waals surface area contributed by atoms with Crippen LogP contribution in [0.3, 0.4) is 0 Å². The van der Waals surface area contributed by atoms with Crippen LogP contribution < -0.4 is 5.32 Å². The Bertz CT molecular complexity index is 1250. The molecule has 1 aliphatic rings. The summed E-state index contributed by atoms with van der Waals surface area (Å²) in [6.45, 7) is 10.6. The number of aryl methyl sites for hydroxylation is 2. The second kappa shape index (κ2) is 10.3. The van der Waals surface area contributed by atoms with Gasteiger partial charge in [0.2, 0.25) is 0 Å². The van der Waals surface area contributed by atoms with Gasteiger partial charge in [0, 0.05) is 29.7 Å². The Kier molecular flexibility index (Phi) is 7.41. The molecule has 0 unspecified atom stereocenters. The normalized spacial score (nSPS) is 14.6. The Morgan fingerprint density at radius 2 is 1.72 bits per heavy atom. The molecule has 0 atom stereocenters. The van der Waals surface area contributed by atoms with Gasteiger partial charge >= 0.3 is 6.09 Å². The van der Waals surface area contributed by atoms with Gasteiger partial charge in [-0.1, -0.05) is 35.4 Å². The standard InChI is InChI=1S/C28H33ClN4O3/c1-18-6-10-22(11-7-18)33-25(20-12-14-32(15-13-20)27(35)36-28(3,4)5)23(17-30-33)26(34)31-21-9-8-19(2)24(29)16-21/h6-11,16-17,20H,12-15H2,1-5H3,(H,31,34). The zero-order valence-electron chi connectivity index (χ0n) is 21.5. The molecular weight excluding hydrogens is 476 g/mol. The first-order valence-electron chi connectivity index (χ1n) is 12.2. The van der Waals surface area contributed by atoms with Gasteiger partial charge in [-0.25, -0.2) is 9.48 Å². The summed E-state index contributed by atoms with van der Waals surface area (Å²) in [5.41, 5.74) is 4.43. The van der Waals surface area contributed by atoms with Crippen LogP contribution in [-0.2, 0) is 4.74 Å². The summed E-state index contributed by atoms with van der Waals surface area (Å²) in [5, 5.41) is 8.18. The minimum absolute atomic E-state index is 0.0508. The lowest BCUT2D eigenvalue weighted by atomic mass is 9.90. The molecule has 36 heavy (non-hydrogen) atoms. The van der Waals surface area contributed by atoms with Gasteiger partial charge in [0.05, 0.1) is 23.1 Å². The van der Waals surface area contributed by atoms with Crippen molar-refractivity contribution in [1.82, 2.24) is 14.7 Å². The molecule has 190 valence electrons. The quantitative estimate of drug-likeness (QED) is 0.436. The highest BCUT2D eigenvalue weighted by molar-refractivity contribution is 6.31. The van der Waals surface area contributed by atoms with Gasteiger partial charge in [0.15, 0.2) is 0 Å². The number of halogens is 1. The van der Waals surface area contributed by atoms with E-state index in [1.165, 1.54) is 0 Å².